The molecule has 3 aromatic heterocycles. The lowest BCUT2D eigenvalue weighted by Crippen LogP contribution is -2.37. The average Bonchev–Trinajstić information content (AvgIpc) is 3.56. The Morgan fingerprint density at radius 3 is 2.32 bits per heavy atom. The first kappa shape index (κ1) is 24.8. The van der Waals surface area contributed by atoms with Crippen molar-refractivity contribution >= 4 is 17.1 Å². The maximum atomic E-state index is 13.3. The summed E-state index contributed by atoms with van der Waals surface area (Å²) in [4.78, 5) is 43.2. The second-order valence-electron chi connectivity index (χ2n) is 8.72. The standard InChI is InChI=1S/C27H26N6O5/c1-30-23-22(24(34)31(2)27(30)36)32(15-14-17-8-6-5-7-9-17)26(28-23)33-21(16-20(29-33)25(35)38-4)18-10-12-19(37-3)13-11-18/h5-13,16H,14-15H2,1-4H3. The van der Waals surface area contributed by atoms with Gasteiger partial charge in [0.2, 0.25) is 5.95 Å². The van der Waals surface area contributed by atoms with Gasteiger partial charge in [-0.25, -0.2) is 9.59 Å². The van der Waals surface area contributed by atoms with Crippen LogP contribution < -0.4 is 16.0 Å². The van der Waals surface area contributed by atoms with Gasteiger partial charge in [0.05, 0.1) is 19.9 Å². The van der Waals surface area contributed by atoms with Gasteiger partial charge in [-0.05, 0) is 42.3 Å². The highest BCUT2D eigenvalue weighted by atomic mass is 16.5. The molecule has 194 valence electrons. The molecule has 3 heterocycles. The van der Waals surface area contributed by atoms with Gasteiger partial charge in [0.15, 0.2) is 16.9 Å². The van der Waals surface area contributed by atoms with E-state index in [0.29, 0.717) is 24.4 Å². The highest BCUT2D eigenvalue weighted by molar-refractivity contribution is 5.89. The van der Waals surface area contributed by atoms with Gasteiger partial charge in [0.25, 0.3) is 5.56 Å². The molecule has 0 fully saturated rings. The SMILES string of the molecule is COC(=O)c1cc(-c2ccc(OC)cc2)n(-c2nc3c(c(=O)n(C)c(=O)n3C)n2CCc2ccccc2)n1. The number of esters is 1. The molecule has 0 aliphatic carbocycles. The first-order chi connectivity index (χ1) is 18.3. The lowest BCUT2D eigenvalue weighted by atomic mass is 10.1. The Kier molecular flexibility index (Phi) is 6.41. The number of aryl methyl sites for hydroxylation is 3. The number of imidazole rings is 1. The summed E-state index contributed by atoms with van der Waals surface area (Å²) in [6, 6.07) is 18.7. The van der Waals surface area contributed by atoms with Gasteiger partial charge in [0.1, 0.15) is 5.75 Å². The van der Waals surface area contributed by atoms with Crippen molar-refractivity contribution in [2.24, 2.45) is 14.1 Å². The van der Waals surface area contributed by atoms with Gasteiger partial charge in [0, 0.05) is 26.2 Å². The zero-order valence-corrected chi connectivity index (χ0v) is 21.4. The van der Waals surface area contributed by atoms with Crippen molar-refractivity contribution in [3.05, 3.63) is 92.8 Å². The van der Waals surface area contributed by atoms with Crippen molar-refractivity contribution in [3.63, 3.8) is 0 Å². The molecule has 0 aliphatic heterocycles. The number of hydrogen-bond donors (Lipinski definition) is 0. The summed E-state index contributed by atoms with van der Waals surface area (Å²) in [6.45, 7) is 0.374. The largest absolute Gasteiger partial charge is 0.497 e. The predicted octanol–water partition coefficient (Wildman–Crippen LogP) is 2.32. The normalized spacial score (nSPS) is 11.2. The molecule has 0 bridgehead atoms. The number of fused-ring (bicyclic) bond motifs is 1. The van der Waals surface area contributed by atoms with E-state index in [-0.39, 0.29) is 22.8 Å². The van der Waals surface area contributed by atoms with E-state index in [1.54, 1.807) is 36.9 Å². The van der Waals surface area contributed by atoms with Crippen LogP contribution >= 0.6 is 0 Å². The number of carbonyl (C=O) groups excluding carboxylic acids is 1. The minimum atomic E-state index is -0.617. The molecule has 0 unspecified atom stereocenters. The fourth-order valence-electron chi connectivity index (χ4n) is 4.40. The topological polar surface area (TPSA) is 115 Å². The first-order valence-corrected chi connectivity index (χ1v) is 11.9. The van der Waals surface area contributed by atoms with Gasteiger partial charge in [-0.3, -0.25) is 13.9 Å². The molecule has 0 spiro atoms. The van der Waals surface area contributed by atoms with Crippen LogP contribution in [0, 0.1) is 0 Å². The van der Waals surface area contributed by atoms with E-state index in [1.807, 2.05) is 42.5 Å². The molecule has 0 N–H and O–H groups in total. The zero-order chi connectivity index (χ0) is 27.0. The van der Waals surface area contributed by atoms with E-state index in [2.05, 4.69) is 5.10 Å². The molecule has 0 saturated heterocycles. The quantitative estimate of drug-likeness (QED) is 0.306. The van der Waals surface area contributed by atoms with Crippen LogP contribution in [-0.4, -0.2) is 48.7 Å². The number of nitrogens with zero attached hydrogens (tertiary/aromatic N) is 6. The Labute approximate surface area is 217 Å². The van der Waals surface area contributed by atoms with E-state index >= 15 is 0 Å². The number of methoxy groups -OCH3 is 2. The Hall–Kier alpha value is -4.93. The Morgan fingerprint density at radius 1 is 0.947 bits per heavy atom. The molecule has 0 amide bonds. The summed E-state index contributed by atoms with van der Waals surface area (Å²) < 4.78 is 15.8. The highest BCUT2D eigenvalue weighted by Gasteiger charge is 2.25. The molecule has 11 nitrogen and oxygen atoms in total. The van der Waals surface area contributed by atoms with E-state index in [1.165, 1.54) is 23.4 Å². The molecule has 0 saturated carbocycles. The fraction of sp³-hybridized carbons (Fsp3) is 0.222. The van der Waals surface area contributed by atoms with Crippen molar-refractivity contribution in [1.82, 2.24) is 28.5 Å². The van der Waals surface area contributed by atoms with Gasteiger partial charge in [-0.15, -0.1) is 0 Å². The summed E-state index contributed by atoms with van der Waals surface area (Å²) >= 11 is 0. The van der Waals surface area contributed by atoms with Gasteiger partial charge in [-0.1, -0.05) is 30.3 Å². The molecule has 2 aromatic carbocycles. The molecule has 5 rings (SSSR count). The van der Waals surface area contributed by atoms with Crippen LogP contribution in [-0.2, 0) is 31.8 Å². The monoisotopic (exact) mass is 514 g/mol. The van der Waals surface area contributed by atoms with Crippen molar-refractivity contribution < 1.29 is 14.3 Å². The van der Waals surface area contributed by atoms with Crippen molar-refractivity contribution in [1.29, 1.82) is 0 Å². The predicted molar refractivity (Wildman–Crippen MR) is 141 cm³/mol. The Bertz CT molecular complexity index is 1760. The summed E-state index contributed by atoms with van der Waals surface area (Å²) in [5.74, 6) is 0.338. The summed E-state index contributed by atoms with van der Waals surface area (Å²) in [6.07, 6.45) is 0.592. The van der Waals surface area contributed by atoms with Crippen LogP contribution in [0.25, 0.3) is 28.4 Å². The third-order valence-electron chi connectivity index (χ3n) is 6.47. The number of carbonyl (C=O) groups is 1. The molecule has 38 heavy (non-hydrogen) atoms. The highest BCUT2D eigenvalue weighted by Crippen LogP contribution is 2.27. The molecule has 0 atom stereocenters. The lowest BCUT2D eigenvalue weighted by Gasteiger charge is -2.12. The Morgan fingerprint density at radius 2 is 1.66 bits per heavy atom. The van der Waals surface area contributed by atoms with E-state index in [0.717, 1.165) is 15.7 Å². The smallest absolute Gasteiger partial charge is 0.358 e. The van der Waals surface area contributed by atoms with Crippen LogP contribution in [0.2, 0.25) is 0 Å². The minimum Gasteiger partial charge on any atom is -0.497 e. The average molecular weight is 515 g/mol. The van der Waals surface area contributed by atoms with Crippen molar-refractivity contribution in [3.8, 4) is 23.0 Å². The van der Waals surface area contributed by atoms with E-state index < -0.39 is 17.2 Å². The molecular formula is C27H26N6O5. The third-order valence-corrected chi connectivity index (χ3v) is 6.47. The van der Waals surface area contributed by atoms with Gasteiger partial charge >= 0.3 is 11.7 Å². The number of hydrogen-bond acceptors (Lipinski definition) is 7. The van der Waals surface area contributed by atoms with Crippen LogP contribution in [0.4, 0.5) is 0 Å². The summed E-state index contributed by atoms with van der Waals surface area (Å²) in [5.41, 5.74) is 1.93. The van der Waals surface area contributed by atoms with Crippen molar-refractivity contribution in [2.75, 3.05) is 14.2 Å². The van der Waals surface area contributed by atoms with Crippen LogP contribution in [0.5, 0.6) is 5.75 Å². The minimum absolute atomic E-state index is 0.0711. The van der Waals surface area contributed by atoms with E-state index in [4.69, 9.17) is 14.5 Å². The molecule has 0 aliphatic rings. The molecular weight excluding hydrogens is 488 g/mol. The van der Waals surface area contributed by atoms with Gasteiger partial charge < -0.3 is 14.0 Å². The van der Waals surface area contributed by atoms with E-state index in [9.17, 15) is 14.4 Å². The number of rotatable bonds is 7. The fourth-order valence-corrected chi connectivity index (χ4v) is 4.40. The molecule has 5 aromatic rings. The third kappa shape index (κ3) is 4.17. The summed E-state index contributed by atoms with van der Waals surface area (Å²) in [7, 11) is 5.86. The summed E-state index contributed by atoms with van der Waals surface area (Å²) in [5, 5.41) is 4.52. The Balaban J connectivity index is 1.78. The van der Waals surface area contributed by atoms with Crippen LogP contribution in [0.15, 0.2) is 70.3 Å². The van der Waals surface area contributed by atoms with Gasteiger partial charge in [-0.2, -0.15) is 14.8 Å². The zero-order valence-electron chi connectivity index (χ0n) is 21.4. The van der Waals surface area contributed by atoms with Crippen LogP contribution in [0.1, 0.15) is 16.1 Å². The lowest BCUT2D eigenvalue weighted by molar-refractivity contribution is 0.0593. The second kappa shape index (κ2) is 9.85. The number of ether oxygens (including phenoxy) is 2. The first-order valence-electron chi connectivity index (χ1n) is 11.9. The van der Waals surface area contributed by atoms with Crippen LogP contribution in [0.3, 0.4) is 0 Å². The number of benzene rings is 2. The maximum absolute atomic E-state index is 13.3. The molecule has 11 heteroatoms. The molecule has 0 radical (unpaired) electrons. The maximum Gasteiger partial charge on any atom is 0.358 e. The second-order valence-corrected chi connectivity index (χ2v) is 8.72. The van der Waals surface area contributed by atoms with Crippen molar-refractivity contribution in [2.45, 2.75) is 13.0 Å². The number of aromatic nitrogens is 6.